The molecule has 0 aliphatic carbocycles. The molecule has 2 nitrogen and oxygen atoms in total. The second-order valence-electron chi connectivity index (χ2n) is 4.94. The molecule has 18 heavy (non-hydrogen) atoms. The van der Waals surface area contributed by atoms with Gasteiger partial charge in [0.05, 0.1) is 7.11 Å². The summed E-state index contributed by atoms with van der Waals surface area (Å²) < 4.78 is 5.28. The van der Waals surface area contributed by atoms with Crippen LogP contribution in [0.15, 0.2) is 24.3 Å². The third-order valence-electron chi connectivity index (χ3n) is 3.35. The molecule has 0 heterocycles. The van der Waals surface area contributed by atoms with Gasteiger partial charge in [-0.05, 0) is 37.5 Å². The molecule has 0 radical (unpaired) electrons. The van der Waals surface area contributed by atoms with Crippen molar-refractivity contribution in [2.45, 2.75) is 58.5 Å². The highest BCUT2D eigenvalue weighted by Crippen LogP contribution is 2.20. The van der Waals surface area contributed by atoms with Crippen LogP contribution in [-0.4, -0.2) is 13.2 Å². The summed E-state index contributed by atoms with van der Waals surface area (Å²) in [4.78, 5) is 0. The second kappa shape index (κ2) is 8.15. The molecule has 2 heteroatoms. The average Bonchev–Trinajstić information content (AvgIpc) is 2.39. The fraction of sp³-hybridized carbons (Fsp3) is 0.625. The van der Waals surface area contributed by atoms with Crippen LogP contribution in [0.2, 0.25) is 0 Å². The standard InChI is InChI=1S/C16H27NO/c1-5-8-15(9-6-2)17-13(3)14-10-7-11-16(12-14)18-4/h7,10-13,15,17H,5-6,8-9H2,1-4H3/t13-/m0/s1. The molecule has 0 saturated heterocycles. The van der Waals surface area contributed by atoms with Crippen LogP contribution in [0, 0.1) is 0 Å². The lowest BCUT2D eigenvalue weighted by atomic mass is 10.0. The topological polar surface area (TPSA) is 21.3 Å². The monoisotopic (exact) mass is 249 g/mol. The van der Waals surface area contributed by atoms with Crippen molar-refractivity contribution in [2.24, 2.45) is 0 Å². The number of methoxy groups -OCH3 is 1. The molecule has 0 fully saturated rings. The Morgan fingerprint density at radius 1 is 1.17 bits per heavy atom. The molecule has 0 bridgehead atoms. The first-order chi connectivity index (χ1) is 8.71. The van der Waals surface area contributed by atoms with E-state index in [0.717, 1.165) is 5.75 Å². The Labute approximate surface area is 112 Å². The number of nitrogens with one attached hydrogen (secondary N) is 1. The fourth-order valence-electron chi connectivity index (χ4n) is 2.37. The molecule has 0 aromatic heterocycles. The van der Waals surface area contributed by atoms with E-state index in [1.54, 1.807) is 7.11 Å². The van der Waals surface area contributed by atoms with E-state index >= 15 is 0 Å². The van der Waals surface area contributed by atoms with Gasteiger partial charge in [0.2, 0.25) is 0 Å². The van der Waals surface area contributed by atoms with Crippen molar-refractivity contribution in [3.63, 3.8) is 0 Å². The normalized spacial score (nSPS) is 12.7. The van der Waals surface area contributed by atoms with Gasteiger partial charge in [0.25, 0.3) is 0 Å². The molecule has 0 aliphatic rings. The Hall–Kier alpha value is -1.02. The van der Waals surface area contributed by atoms with Crippen LogP contribution < -0.4 is 10.1 Å². The van der Waals surface area contributed by atoms with Crippen molar-refractivity contribution < 1.29 is 4.74 Å². The maximum Gasteiger partial charge on any atom is 0.119 e. The van der Waals surface area contributed by atoms with E-state index in [0.29, 0.717) is 12.1 Å². The Morgan fingerprint density at radius 3 is 2.39 bits per heavy atom. The van der Waals surface area contributed by atoms with Gasteiger partial charge < -0.3 is 10.1 Å². The van der Waals surface area contributed by atoms with Crippen LogP contribution in [0.4, 0.5) is 0 Å². The molecule has 102 valence electrons. The zero-order valence-corrected chi connectivity index (χ0v) is 12.2. The summed E-state index contributed by atoms with van der Waals surface area (Å²) in [5, 5.41) is 3.73. The van der Waals surface area contributed by atoms with Crippen LogP contribution in [0.3, 0.4) is 0 Å². The average molecular weight is 249 g/mol. The lowest BCUT2D eigenvalue weighted by Crippen LogP contribution is -2.31. The molecule has 0 aliphatic heterocycles. The van der Waals surface area contributed by atoms with Crippen molar-refractivity contribution >= 4 is 0 Å². The van der Waals surface area contributed by atoms with E-state index in [9.17, 15) is 0 Å². The maximum absolute atomic E-state index is 5.28. The highest BCUT2D eigenvalue weighted by molar-refractivity contribution is 5.30. The summed E-state index contributed by atoms with van der Waals surface area (Å²) in [7, 11) is 1.72. The Morgan fingerprint density at radius 2 is 1.83 bits per heavy atom. The van der Waals surface area contributed by atoms with Crippen molar-refractivity contribution in [1.29, 1.82) is 0 Å². The summed E-state index contributed by atoms with van der Waals surface area (Å²) in [6.45, 7) is 6.73. The van der Waals surface area contributed by atoms with Crippen LogP contribution in [-0.2, 0) is 0 Å². The SMILES string of the molecule is CCCC(CCC)N[C@@H](C)c1cccc(OC)c1. The van der Waals surface area contributed by atoms with Gasteiger partial charge in [-0.3, -0.25) is 0 Å². The van der Waals surface area contributed by atoms with E-state index in [1.807, 2.05) is 6.07 Å². The summed E-state index contributed by atoms with van der Waals surface area (Å²) in [6, 6.07) is 9.33. The molecule has 1 N–H and O–H groups in total. The maximum atomic E-state index is 5.28. The molecule has 1 aromatic carbocycles. The zero-order valence-electron chi connectivity index (χ0n) is 12.2. The van der Waals surface area contributed by atoms with Crippen LogP contribution in [0.1, 0.15) is 58.1 Å². The van der Waals surface area contributed by atoms with E-state index in [1.165, 1.54) is 31.2 Å². The van der Waals surface area contributed by atoms with Crippen LogP contribution in [0.5, 0.6) is 5.75 Å². The lowest BCUT2D eigenvalue weighted by molar-refractivity contribution is 0.397. The van der Waals surface area contributed by atoms with Gasteiger partial charge in [0.1, 0.15) is 5.75 Å². The van der Waals surface area contributed by atoms with Gasteiger partial charge >= 0.3 is 0 Å². The number of hydrogen-bond donors (Lipinski definition) is 1. The molecule has 0 unspecified atom stereocenters. The van der Waals surface area contributed by atoms with Crippen molar-refractivity contribution in [3.05, 3.63) is 29.8 Å². The lowest BCUT2D eigenvalue weighted by Gasteiger charge is -2.23. The minimum absolute atomic E-state index is 0.378. The first-order valence-corrected chi connectivity index (χ1v) is 7.11. The predicted molar refractivity (Wildman–Crippen MR) is 78.1 cm³/mol. The molecule has 1 atom stereocenters. The third kappa shape index (κ3) is 4.69. The zero-order chi connectivity index (χ0) is 13.4. The largest absolute Gasteiger partial charge is 0.497 e. The molecule has 1 aromatic rings. The first kappa shape index (κ1) is 15.0. The van der Waals surface area contributed by atoms with Crippen molar-refractivity contribution in [1.82, 2.24) is 5.32 Å². The van der Waals surface area contributed by atoms with Crippen molar-refractivity contribution in [3.8, 4) is 5.75 Å². The second-order valence-corrected chi connectivity index (χ2v) is 4.94. The Kier molecular flexibility index (Phi) is 6.81. The fourth-order valence-corrected chi connectivity index (χ4v) is 2.37. The molecule has 0 saturated carbocycles. The van der Waals surface area contributed by atoms with Gasteiger partial charge in [-0.1, -0.05) is 38.8 Å². The third-order valence-corrected chi connectivity index (χ3v) is 3.35. The van der Waals surface area contributed by atoms with E-state index in [2.05, 4.69) is 44.3 Å². The quantitative estimate of drug-likeness (QED) is 0.741. The van der Waals surface area contributed by atoms with Crippen molar-refractivity contribution in [2.75, 3.05) is 7.11 Å². The smallest absolute Gasteiger partial charge is 0.119 e. The number of benzene rings is 1. The number of hydrogen-bond acceptors (Lipinski definition) is 2. The van der Waals surface area contributed by atoms with Gasteiger partial charge in [-0.25, -0.2) is 0 Å². The summed E-state index contributed by atoms with van der Waals surface area (Å²) in [5.41, 5.74) is 1.30. The molecular formula is C16H27NO. The minimum Gasteiger partial charge on any atom is -0.497 e. The van der Waals surface area contributed by atoms with E-state index < -0.39 is 0 Å². The van der Waals surface area contributed by atoms with Gasteiger partial charge in [0.15, 0.2) is 0 Å². The highest BCUT2D eigenvalue weighted by Gasteiger charge is 2.12. The van der Waals surface area contributed by atoms with Crippen LogP contribution >= 0.6 is 0 Å². The minimum atomic E-state index is 0.378. The summed E-state index contributed by atoms with van der Waals surface area (Å²) in [5.74, 6) is 0.934. The summed E-state index contributed by atoms with van der Waals surface area (Å²) >= 11 is 0. The first-order valence-electron chi connectivity index (χ1n) is 7.11. The molecule has 0 spiro atoms. The molecular weight excluding hydrogens is 222 g/mol. The predicted octanol–water partition coefficient (Wildman–Crippen LogP) is 4.31. The molecule has 1 rings (SSSR count). The van der Waals surface area contributed by atoms with Gasteiger partial charge in [-0.2, -0.15) is 0 Å². The van der Waals surface area contributed by atoms with Gasteiger partial charge in [0, 0.05) is 12.1 Å². The van der Waals surface area contributed by atoms with Gasteiger partial charge in [-0.15, -0.1) is 0 Å². The molecule has 0 amide bonds. The Balaban J connectivity index is 2.63. The number of ether oxygens (including phenoxy) is 1. The van der Waals surface area contributed by atoms with E-state index in [4.69, 9.17) is 4.74 Å². The highest BCUT2D eigenvalue weighted by atomic mass is 16.5. The summed E-state index contributed by atoms with van der Waals surface area (Å²) in [6.07, 6.45) is 4.98. The van der Waals surface area contributed by atoms with Crippen LogP contribution in [0.25, 0.3) is 0 Å². The number of rotatable bonds is 8. The Bertz CT molecular complexity index is 332. The van der Waals surface area contributed by atoms with E-state index in [-0.39, 0.29) is 0 Å².